The quantitative estimate of drug-likeness (QED) is 0.254. The Morgan fingerprint density at radius 2 is 1.75 bits per heavy atom. The summed E-state index contributed by atoms with van der Waals surface area (Å²) in [5, 5.41) is 0. The molecule has 3 rings (SSSR count). The zero-order chi connectivity index (χ0) is 27.3. The summed E-state index contributed by atoms with van der Waals surface area (Å²) in [5.74, 6) is 0. The van der Waals surface area contributed by atoms with Crippen molar-refractivity contribution in [3.63, 3.8) is 0 Å². The standard InChI is InChI=1S/C18H26.C10H10.C6H10.C2H6/c1-5-10-15(4)18(17-12-8-9-13-17)14-16(7-3)11-6-2;1-8-6-7-9-4-2-3-5-10(8)9;1-4-5-6(2)3;1-2/h6,8,12-14H,2,5,7,9-11H2,1,3-4H3;2-6H,7H2,1H3;4-5H,2H2,1,3H3;1-2H3/b16-14+,18-15+;;5-4+;. The highest BCUT2D eigenvalue weighted by atomic mass is 14.1. The fourth-order valence-corrected chi connectivity index (χ4v) is 4.06. The van der Waals surface area contributed by atoms with E-state index in [9.17, 15) is 0 Å². The molecule has 0 unspecified atom stereocenters. The first-order valence-electron chi connectivity index (χ1n) is 13.8. The predicted molar refractivity (Wildman–Crippen MR) is 167 cm³/mol. The molecule has 1 aromatic rings. The third-order valence-electron chi connectivity index (χ3n) is 5.90. The Kier molecular flexibility index (Phi) is 18.7. The second kappa shape index (κ2) is 20.3. The van der Waals surface area contributed by atoms with Crippen LogP contribution in [0.4, 0.5) is 0 Å². The van der Waals surface area contributed by atoms with Crippen molar-refractivity contribution in [3.8, 4) is 0 Å². The molecular formula is C36H52. The maximum absolute atomic E-state index is 3.85. The molecule has 0 saturated heterocycles. The summed E-state index contributed by atoms with van der Waals surface area (Å²) < 4.78 is 0. The van der Waals surface area contributed by atoms with Crippen LogP contribution in [0.3, 0.4) is 0 Å². The molecule has 0 fully saturated rings. The Balaban J connectivity index is 0.000000567. The lowest BCUT2D eigenvalue weighted by molar-refractivity contribution is 0.896. The van der Waals surface area contributed by atoms with Gasteiger partial charge in [0.25, 0.3) is 0 Å². The number of hydrogen-bond acceptors (Lipinski definition) is 0. The van der Waals surface area contributed by atoms with Crippen molar-refractivity contribution in [1.29, 1.82) is 0 Å². The number of hydrogen-bond donors (Lipinski definition) is 0. The average Bonchev–Trinajstić information content (AvgIpc) is 3.54. The monoisotopic (exact) mass is 484 g/mol. The maximum atomic E-state index is 3.85. The van der Waals surface area contributed by atoms with E-state index in [0.29, 0.717) is 0 Å². The number of rotatable bonds is 8. The van der Waals surface area contributed by atoms with Crippen LogP contribution in [-0.2, 0) is 6.42 Å². The number of fused-ring (bicyclic) bond motifs is 1. The molecule has 0 radical (unpaired) electrons. The van der Waals surface area contributed by atoms with Crippen molar-refractivity contribution in [2.75, 3.05) is 0 Å². The van der Waals surface area contributed by atoms with Crippen LogP contribution in [0.25, 0.3) is 5.57 Å². The second-order valence-electron chi connectivity index (χ2n) is 8.99. The Bertz CT molecular complexity index is 983. The van der Waals surface area contributed by atoms with Crippen LogP contribution >= 0.6 is 0 Å². The molecule has 1 aromatic carbocycles. The summed E-state index contributed by atoms with van der Waals surface area (Å²) in [6.45, 7) is 24.4. The lowest BCUT2D eigenvalue weighted by Gasteiger charge is -2.11. The van der Waals surface area contributed by atoms with Gasteiger partial charge in [0.1, 0.15) is 0 Å². The van der Waals surface area contributed by atoms with Gasteiger partial charge in [0, 0.05) is 0 Å². The van der Waals surface area contributed by atoms with E-state index >= 15 is 0 Å². The zero-order valence-corrected chi connectivity index (χ0v) is 24.6. The first-order chi connectivity index (χ1) is 17.4. The van der Waals surface area contributed by atoms with Gasteiger partial charge in [-0.25, -0.2) is 0 Å². The highest BCUT2D eigenvalue weighted by Gasteiger charge is 2.08. The van der Waals surface area contributed by atoms with Crippen LogP contribution in [0.15, 0.2) is 114 Å². The van der Waals surface area contributed by atoms with E-state index in [1.807, 2.05) is 45.9 Å². The van der Waals surface area contributed by atoms with Gasteiger partial charge in [0.05, 0.1) is 0 Å². The molecule has 2 aliphatic carbocycles. The van der Waals surface area contributed by atoms with Crippen molar-refractivity contribution in [3.05, 3.63) is 125 Å². The number of allylic oxidation sites excluding steroid dienone is 14. The van der Waals surface area contributed by atoms with Crippen molar-refractivity contribution in [2.45, 2.75) is 93.9 Å². The van der Waals surface area contributed by atoms with Gasteiger partial charge >= 0.3 is 0 Å². The van der Waals surface area contributed by atoms with Gasteiger partial charge in [-0.2, -0.15) is 0 Å². The van der Waals surface area contributed by atoms with Crippen LogP contribution in [-0.4, -0.2) is 0 Å². The fourth-order valence-electron chi connectivity index (χ4n) is 4.06. The highest BCUT2D eigenvalue weighted by molar-refractivity contribution is 5.71. The van der Waals surface area contributed by atoms with E-state index in [-0.39, 0.29) is 0 Å². The molecule has 0 heteroatoms. The van der Waals surface area contributed by atoms with Gasteiger partial charge in [-0.05, 0) is 87.6 Å². The van der Waals surface area contributed by atoms with Gasteiger partial charge in [-0.3, -0.25) is 0 Å². The summed E-state index contributed by atoms with van der Waals surface area (Å²) >= 11 is 0. The first kappa shape index (κ1) is 33.1. The smallest absolute Gasteiger partial charge is 0.00855 e. The van der Waals surface area contributed by atoms with E-state index in [1.165, 1.54) is 51.8 Å². The molecule has 0 bridgehead atoms. The van der Waals surface area contributed by atoms with Gasteiger partial charge in [-0.15, -0.1) is 6.58 Å². The summed E-state index contributed by atoms with van der Waals surface area (Å²) in [6, 6.07) is 8.59. The molecule has 0 N–H and O–H groups in total. The van der Waals surface area contributed by atoms with E-state index < -0.39 is 0 Å². The van der Waals surface area contributed by atoms with Gasteiger partial charge in [0.2, 0.25) is 0 Å². The highest BCUT2D eigenvalue weighted by Crippen LogP contribution is 2.27. The first-order valence-corrected chi connectivity index (χ1v) is 13.8. The summed E-state index contributed by atoms with van der Waals surface area (Å²) in [7, 11) is 0. The Hall–Kier alpha value is -2.86. The summed E-state index contributed by atoms with van der Waals surface area (Å²) in [4.78, 5) is 0. The molecular weight excluding hydrogens is 432 g/mol. The van der Waals surface area contributed by atoms with Crippen LogP contribution < -0.4 is 0 Å². The minimum atomic E-state index is 0.996. The van der Waals surface area contributed by atoms with Gasteiger partial charge in [-0.1, -0.05) is 130 Å². The number of benzene rings is 1. The summed E-state index contributed by atoms with van der Waals surface area (Å²) in [5.41, 5.74) is 11.2. The molecule has 0 nitrogen and oxygen atoms in total. The Morgan fingerprint density at radius 3 is 2.22 bits per heavy atom. The molecule has 0 saturated carbocycles. The minimum Gasteiger partial charge on any atom is -0.103 e. The maximum Gasteiger partial charge on any atom is -0.00855 e. The van der Waals surface area contributed by atoms with Gasteiger partial charge in [0.15, 0.2) is 0 Å². The molecule has 0 aromatic heterocycles. The minimum absolute atomic E-state index is 0.996. The van der Waals surface area contributed by atoms with E-state index in [1.54, 1.807) is 0 Å². The van der Waals surface area contributed by atoms with E-state index in [0.717, 1.165) is 31.3 Å². The molecule has 0 amide bonds. The lowest BCUT2D eigenvalue weighted by atomic mass is 9.95. The molecule has 196 valence electrons. The van der Waals surface area contributed by atoms with Crippen molar-refractivity contribution < 1.29 is 0 Å². The van der Waals surface area contributed by atoms with Crippen LogP contribution in [0.1, 0.15) is 98.6 Å². The molecule has 0 aliphatic heterocycles. The molecule has 2 aliphatic rings. The van der Waals surface area contributed by atoms with E-state index in [4.69, 9.17) is 0 Å². The second-order valence-corrected chi connectivity index (χ2v) is 8.99. The van der Waals surface area contributed by atoms with Crippen LogP contribution in [0.5, 0.6) is 0 Å². The van der Waals surface area contributed by atoms with Crippen LogP contribution in [0.2, 0.25) is 0 Å². The lowest BCUT2D eigenvalue weighted by Crippen LogP contribution is -1.91. The third kappa shape index (κ3) is 12.7. The van der Waals surface area contributed by atoms with Crippen LogP contribution in [0, 0.1) is 0 Å². The topological polar surface area (TPSA) is 0 Å². The molecule has 0 spiro atoms. The summed E-state index contributed by atoms with van der Waals surface area (Å²) in [6.07, 6.45) is 24.1. The molecule has 36 heavy (non-hydrogen) atoms. The third-order valence-corrected chi connectivity index (χ3v) is 5.90. The molecule has 0 heterocycles. The predicted octanol–water partition coefficient (Wildman–Crippen LogP) is 11.7. The Morgan fingerprint density at radius 1 is 1.06 bits per heavy atom. The normalized spacial score (nSPS) is 14.2. The van der Waals surface area contributed by atoms with Crippen molar-refractivity contribution in [1.82, 2.24) is 0 Å². The molecule has 0 atom stereocenters. The Labute approximate surface area is 224 Å². The average molecular weight is 485 g/mol. The van der Waals surface area contributed by atoms with E-state index in [2.05, 4.69) is 95.5 Å². The largest absolute Gasteiger partial charge is 0.103 e. The van der Waals surface area contributed by atoms with Crippen molar-refractivity contribution >= 4 is 5.57 Å². The van der Waals surface area contributed by atoms with Crippen molar-refractivity contribution in [2.24, 2.45) is 0 Å². The van der Waals surface area contributed by atoms with Gasteiger partial charge < -0.3 is 0 Å². The SMILES string of the molecule is C=C(C)/C=C/C.C=CC/C(=C/C(C1=CCC=C1)=C(/C)CCC)CC.CC.CC1=CCc2ccccc21. The zero-order valence-electron chi connectivity index (χ0n) is 24.6. The fraction of sp³-hybridized carbons (Fsp3) is 0.389.